The van der Waals surface area contributed by atoms with Crippen LogP contribution in [0.5, 0.6) is 17.2 Å². The molecule has 1 N–H and O–H groups in total. The number of hydrogen-bond donors (Lipinski definition) is 1. The van der Waals surface area contributed by atoms with Crippen LogP contribution in [0.15, 0.2) is 42.5 Å². The summed E-state index contributed by atoms with van der Waals surface area (Å²) in [7, 11) is 0. The van der Waals surface area contributed by atoms with E-state index in [1.54, 1.807) is 6.92 Å². The number of amides is 1. The zero-order valence-electron chi connectivity index (χ0n) is 15.3. The third-order valence-electron chi connectivity index (χ3n) is 3.57. The Bertz CT molecular complexity index is 718. The lowest BCUT2D eigenvalue weighted by molar-refractivity contribution is -0.127. The molecule has 2 rings (SSSR count). The SMILES string of the molecule is CCOc1ccc(CNC(=O)C(C)Oc2ccc(F)cc2)cc1OCC. The van der Waals surface area contributed by atoms with Gasteiger partial charge in [-0.15, -0.1) is 0 Å². The number of carbonyl (C=O) groups is 1. The molecule has 1 atom stereocenters. The third-order valence-corrected chi connectivity index (χ3v) is 3.57. The van der Waals surface area contributed by atoms with E-state index in [0.29, 0.717) is 37.0 Å². The van der Waals surface area contributed by atoms with Gasteiger partial charge in [0, 0.05) is 6.54 Å². The van der Waals surface area contributed by atoms with Crippen LogP contribution in [0.4, 0.5) is 4.39 Å². The zero-order chi connectivity index (χ0) is 18.9. The molecule has 0 bridgehead atoms. The van der Waals surface area contributed by atoms with Crippen LogP contribution in [0, 0.1) is 5.82 Å². The molecule has 0 saturated heterocycles. The lowest BCUT2D eigenvalue weighted by Crippen LogP contribution is -2.35. The van der Waals surface area contributed by atoms with Gasteiger partial charge in [0.15, 0.2) is 17.6 Å². The smallest absolute Gasteiger partial charge is 0.261 e. The van der Waals surface area contributed by atoms with Crippen LogP contribution >= 0.6 is 0 Å². The van der Waals surface area contributed by atoms with Gasteiger partial charge in [0.25, 0.3) is 5.91 Å². The molecule has 5 nitrogen and oxygen atoms in total. The van der Waals surface area contributed by atoms with Gasteiger partial charge in [-0.2, -0.15) is 0 Å². The Morgan fingerprint density at radius 2 is 1.69 bits per heavy atom. The third kappa shape index (κ3) is 5.65. The van der Waals surface area contributed by atoms with Crippen molar-refractivity contribution in [1.29, 1.82) is 0 Å². The topological polar surface area (TPSA) is 56.8 Å². The fourth-order valence-corrected chi connectivity index (χ4v) is 2.31. The molecule has 1 unspecified atom stereocenters. The highest BCUT2D eigenvalue weighted by Crippen LogP contribution is 2.28. The van der Waals surface area contributed by atoms with Gasteiger partial charge in [-0.25, -0.2) is 4.39 Å². The molecule has 0 spiro atoms. The highest BCUT2D eigenvalue weighted by atomic mass is 19.1. The van der Waals surface area contributed by atoms with Gasteiger partial charge >= 0.3 is 0 Å². The maximum atomic E-state index is 12.9. The lowest BCUT2D eigenvalue weighted by Gasteiger charge is -2.16. The Hall–Kier alpha value is -2.76. The molecule has 2 aromatic rings. The minimum atomic E-state index is -0.700. The number of benzene rings is 2. The quantitative estimate of drug-likeness (QED) is 0.740. The van der Waals surface area contributed by atoms with E-state index in [0.717, 1.165) is 5.56 Å². The Kier molecular flexibility index (Phi) is 7.26. The van der Waals surface area contributed by atoms with Crippen LogP contribution in [0.1, 0.15) is 26.3 Å². The first kappa shape index (κ1) is 19.6. The van der Waals surface area contributed by atoms with Crippen LogP contribution in [0.25, 0.3) is 0 Å². The molecule has 0 aliphatic heterocycles. The summed E-state index contributed by atoms with van der Waals surface area (Å²) in [5.74, 6) is 1.15. The average molecular weight is 361 g/mol. The molecule has 0 aliphatic carbocycles. The second-order valence-electron chi connectivity index (χ2n) is 5.58. The minimum absolute atomic E-state index is 0.263. The lowest BCUT2D eigenvalue weighted by atomic mass is 10.2. The van der Waals surface area contributed by atoms with Crippen LogP contribution < -0.4 is 19.5 Å². The van der Waals surface area contributed by atoms with E-state index in [4.69, 9.17) is 14.2 Å². The zero-order valence-corrected chi connectivity index (χ0v) is 15.3. The maximum absolute atomic E-state index is 12.9. The maximum Gasteiger partial charge on any atom is 0.261 e. The molecule has 2 aromatic carbocycles. The summed E-state index contributed by atoms with van der Waals surface area (Å²) in [6, 6.07) is 11.1. The summed E-state index contributed by atoms with van der Waals surface area (Å²) in [6.45, 7) is 6.86. The van der Waals surface area contributed by atoms with E-state index in [1.165, 1.54) is 24.3 Å². The van der Waals surface area contributed by atoms with Crippen molar-refractivity contribution in [3.8, 4) is 17.2 Å². The van der Waals surface area contributed by atoms with Gasteiger partial charge in [-0.05, 0) is 62.7 Å². The summed E-state index contributed by atoms with van der Waals surface area (Å²) in [6.07, 6.45) is -0.700. The molecule has 140 valence electrons. The summed E-state index contributed by atoms with van der Waals surface area (Å²) < 4.78 is 29.5. The first-order chi connectivity index (χ1) is 12.5. The highest BCUT2D eigenvalue weighted by molar-refractivity contribution is 5.80. The van der Waals surface area contributed by atoms with E-state index in [-0.39, 0.29) is 11.7 Å². The van der Waals surface area contributed by atoms with Gasteiger partial charge in [0.2, 0.25) is 0 Å². The summed E-state index contributed by atoms with van der Waals surface area (Å²) >= 11 is 0. The number of nitrogens with one attached hydrogen (secondary N) is 1. The standard InChI is InChI=1S/C20H24FNO4/c1-4-24-18-11-6-15(12-19(18)25-5-2)13-22-20(23)14(3)26-17-9-7-16(21)8-10-17/h6-12,14H,4-5,13H2,1-3H3,(H,22,23). The second-order valence-corrected chi connectivity index (χ2v) is 5.58. The molecule has 6 heteroatoms. The van der Waals surface area contributed by atoms with E-state index >= 15 is 0 Å². The Morgan fingerprint density at radius 1 is 1.04 bits per heavy atom. The van der Waals surface area contributed by atoms with Gasteiger partial charge in [0.05, 0.1) is 13.2 Å². The van der Waals surface area contributed by atoms with Crippen molar-refractivity contribution < 1.29 is 23.4 Å². The van der Waals surface area contributed by atoms with Crippen molar-refractivity contribution in [3.05, 3.63) is 53.8 Å². The fourth-order valence-electron chi connectivity index (χ4n) is 2.31. The molecule has 1 amide bonds. The van der Waals surface area contributed by atoms with Crippen molar-refractivity contribution >= 4 is 5.91 Å². The predicted molar refractivity (Wildman–Crippen MR) is 97.1 cm³/mol. The molecule has 26 heavy (non-hydrogen) atoms. The molecular formula is C20H24FNO4. The van der Waals surface area contributed by atoms with E-state index in [1.807, 2.05) is 32.0 Å². The van der Waals surface area contributed by atoms with Crippen molar-refractivity contribution in [2.24, 2.45) is 0 Å². The normalized spacial score (nSPS) is 11.5. The van der Waals surface area contributed by atoms with Crippen LogP contribution in [0.3, 0.4) is 0 Å². The fraction of sp³-hybridized carbons (Fsp3) is 0.350. The molecule has 0 saturated carbocycles. The van der Waals surface area contributed by atoms with Crippen LogP contribution in [-0.4, -0.2) is 25.2 Å². The van der Waals surface area contributed by atoms with Gasteiger partial charge < -0.3 is 19.5 Å². The molecule has 0 aromatic heterocycles. The largest absolute Gasteiger partial charge is 0.490 e. The predicted octanol–water partition coefficient (Wildman–Crippen LogP) is 3.71. The Morgan fingerprint density at radius 3 is 2.35 bits per heavy atom. The van der Waals surface area contributed by atoms with E-state index < -0.39 is 6.10 Å². The van der Waals surface area contributed by atoms with Crippen LogP contribution in [0.2, 0.25) is 0 Å². The van der Waals surface area contributed by atoms with Crippen molar-refractivity contribution in [1.82, 2.24) is 5.32 Å². The van der Waals surface area contributed by atoms with Gasteiger partial charge in [-0.3, -0.25) is 4.79 Å². The number of halogens is 1. The second kappa shape index (κ2) is 9.65. The summed E-state index contributed by atoms with van der Waals surface area (Å²) in [5.41, 5.74) is 0.888. The van der Waals surface area contributed by atoms with Crippen LogP contribution in [-0.2, 0) is 11.3 Å². The average Bonchev–Trinajstić information content (AvgIpc) is 2.63. The summed E-state index contributed by atoms with van der Waals surface area (Å²) in [4.78, 5) is 12.2. The van der Waals surface area contributed by atoms with E-state index in [2.05, 4.69) is 5.32 Å². The number of rotatable bonds is 9. The molecule has 0 heterocycles. The van der Waals surface area contributed by atoms with Gasteiger partial charge in [-0.1, -0.05) is 6.07 Å². The monoisotopic (exact) mass is 361 g/mol. The Labute approximate surface area is 153 Å². The van der Waals surface area contributed by atoms with E-state index in [9.17, 15) is 9.18 Å². The molecule has 0 aliphatic rings. The molecule has 0 radical (unpaired) electrons. The number of carbonyl (C=O) groups excluding carboxylic acids is 1. The molecular weight excluding hydrogens is 337 g/mol. The summed E-state index contributed by atoms with van der Waals surface area (Å²) in [5, 5.41) is 2.82. The van der Waals surface area contributed by atoms with Crippen molar-refractivity contribution in [2.45, 2.75) is 33.4 Å². The Balaban J connectivity index is 1.93. The first-order valence-electron chi connectivity index (χ1n) is 8.62. The number of hydrogen-bond acceptors (Lipinski definition) is 4. The van der Waals surface area contributed by atoms with Crippen molar-refractivity contribution in [3.63, 3.8) is 0 Å². The highest BCUT2D eigenvalue weighted by Gasteiger charge is 2.15. The minimum Gasteiger partial charge on any atom is -0.490 e. The first-order valence-corrected chi connectivity index (χ1v) is 8.62. The number of ether oxygens (including phenoxy) is 3. The van der Waals surface area contributed by atoms with Gasteiger partial charge in [0.1, 0.15) is 11.6 Å². The molecule has 0 fully saturated rings. The van der Waals surface area contributed by atoms with Crippen molar-refractivity contribution in [2.75, 3.05) is 13.2 Å².